The molecule has 0 bridgehead atoms. The van der Waals surface area contributed by atoms with Gasteiger partial charge in [-0.2, -0.15) is 8.62 Å². The molecule has 0 aliphatic rings. The Morgan fingerprint density at radius 3 is 2.11 bits per heavy atom. The highest BCUT2D eigenvalue weighted by molar-refractivity contribution is 14.1. The Morgan fingerprint density at radius 1 is 0.911 bits per heavy atom. The highest BCUT2D eigenvalue weighted by Crippen LogP contribution is 2.71. The van der Waals surface area contributed by atoms with Gasteiger partial charge in [-0.15, -0.1) is 0 Å². The summed E-state index contributed by atoms with van der Waals surface area (Å²) in [5.41, 5.74) is -1.56. The van der Waals surface area contributed by atoms with Crippen molar-refractivity contribution >= 4 is 59.0 Å². The summed E-state index contributed by atoms with van der Waals surface area (Å²) in [5, 5.41) is 9.70. The van der Waals surface area contributed by atoms with Crippen molar-refractivity contribution in [3.8, 4) is 0 Å². The summed E-state index contributed by atoms with van der Waals surface area (Å²) in [7, 11) is -22.8. The van der Waals surface area contributed by atoms with Crippen LogP contribution in [0.25, 0.3) is 0 Å². The number of rotatable bonds is 19. The SMILES string of the molecule is CCCCC(O)O[C@H](C)[C@@H](COP(=O)(O)OP(=O)(O)OP(=O)(O)OP(=O)(O)c1ccccc1I)O[C@H](C)n1ccc(=O)[nH]c1=O. The first-order valence-electron chi connectivity index (χ1n) is 12.8. The number of nitrogens with zero attached hydrogens (tertiary/aromatic N) is 1. The molecule has 1 aromatic heterocycles. The molecule has 1 aromatic carbocycles. The average molecular weight is 836 g/mol. The van der Waals surface area contributed by atoms with Crippen LogP contribution in [-0.2, 0) is 45.2 Å². The van der Waals surface area contributed by atoms with E-state index in [0.717, 1.165) is 29.3 Å². The van der Waals surface area contributed by atoms with Gasteiger partial charge in [-0.05, 0) is 61.4 Å². The number of benzene rings is 1. The molecule has 0 aliphatic heterocycles. The fraction of sp³-hybridized carbons (Fsp3) is 0.524. The first kappa shape index (κ1) is 40.3. The number of aromatic amines is 1. The highest BCUT2D eigenvalue weighted by Gasteiger charge is 2.46. The second-order valence-electron chi connectivity index (χ2n) is 9.15. The number of aromatic nitrogens is 2. The number of hydrogen-bond donors (Lipinski definition) is 6. The summed E-state index contributed by atoms with van der Waals surface area (Å²) in [6, 6.07) is 6.25. The number of phosphoric acid groups is 3. The minimum Gasteiger partial charge on any atom is -0.368 e. The van der Waals surface area contributed by atoms with Gasteiger partial charge in [0.1, 0.15) is 12.3 Å². The molecule has 0 fully saturated rings. The van der Waals surface area contributed by atoms with E-state index in [9.17, 15) is 52.5 Å². The van der Waals surface area contributed by atoms with E-state index in [0.29, 0.717) is 6.42 Å². The van der Waals surface area contributed by atoms with Gasteiger partial charge in [0.2, 0.25) is 0 Å². The van der Waals surface area contributed by atoms with Crippen LogP contribution in [0, 0.1) is 3.57 Å². The first-order valence-corrected chi connectivity index (χ1v) is 20.0. The third kappa shape index (κ3) is 13.6. The van der Waals surface area contributed by atoms with Crippen LogP contribution in [0.2, 0.25) is 0 Å². The van der Waals surface area contributed by atoms with E-state index >= 15 is 0 Å². The molecule has 8 atom stereocenters. The van der Waals surface area contributed by atoms with Crippen LogP contribution in [0.3, 0.4) is 0 Å². The molecule has 0 saturated heterocycles. The van der Waals surface area contributed by atoms with E-state index < -0.39 is 79.0 Å². The third-order valence-corrected chi connectivity index (χ3v) is 13.4. The Morgan fingerprint density at radius 2 is 1.51 bits per heavy atom. The monoisotopic (exact) mass is 836 g/mol. The number of unbranched alkanes of at least 4 members (excludes halogenated alkanes) is 1. The zero-order valence-electron chi connectivity index (χ0n) is 23.9. The molecule has 0 spiro atoms. The number of ether oxygens (including phenoxy) is 2. The lowest BCUT2D eigenvalue weighted by Crippen LogP contribution is -2.39. The highest BCUT2D eigenvalue weighted by atomic mass is 127. The molecule has 2 aromatic rings. The molecule has 1 heterocycles. The predicted molar refractivity (Wildman–Crippen MR) is 164 cm³/mol. The average Bonchev–Trinajstić information content (AvgIpc) is 2.87. The first-order chi connectivity index (χ1) is 20.7. The van der Waals surface area contributed by atoms with Gasteiger partial charge < -0.3 is 34.2 Å². The topological polar surface area (TPSA) is 280 Å². The summed E-state index contributed by atoms with van der Waals surface area (Å²) in [5.74, 6) is 0. The van der Waals surface area contributed by atoms with Crippen molar-refractivity contribution in [2.24, 2.45) is 0 Å². The molecule has 0 aliphatic carbocycles. The Labute approximate surface area is 270 Å². The van der Waals surface area contributed by atoms with E-state index in [-0.39, 0.29) is 9.99 Å². The lowest BCUT2D eigenvalue weighted by Gasteiger charge is -2.30. The van der Waals surface area contributed by atoms with Crippen molar-refractivity contribution in [3.63, 3.8) is 0 Å². The molecule has 19 nitrogen and oxygen atoms in total. The molecule has 0 radical (unpaired) electrons. The molecule has 256 valence electrons. The lowest BCUT2D eigenvalue weighted by molar-refractivity contribution is -0.192. The zero-order chi connectivity index (χ0) is 34.2. The third-order valence-electron chi connectivity index (χ3n) is 5.50. The van der Waals surface area contributed by atoms with Crippen molar-refractivity contribution in [2.75, 3.05) is 6.61 Å². The van der Waals surface area contributed by atoms with Gasteiger partial charge in [0.25, 0.3) is 5.56 Å². The molecule has 5 unspecified atom stereocenters. The van der Waals surface area contributed by atoms with E-state index in [1.54, 1.807) is 22.6 Å². The quantitative estimate of drug-likeness (QED) is 0.0674. The minimum atomic E-state index is -6.03. The Kier molecular flexibility index (Phi) is 15.2. The van der Waals surface area contributed by atoms with Crippen LogP contribution in [0.4, 0.5) is 0 Å². The van der Waals surface area contributed by atoms with E-state index in [2.05, 4.69) is 12.9 Å². The Bertz CT molecular complexity index is 1600. The Hall–Kier alpha value is -0.890. The van der Waals surface area contributed by atoms with Crippen molar-refractivity contribution in [2.45, 2.75) is 64.8 Å². The molecule has 6 N–H and O–H groups in total. The van der Waals surface area contributed by atoms with Crippen LogP contribution >= 0.6 is 53.7 Å². The predicted octanol–water partition coefficient (Wildman–Crippen LogP) is 2.84. The smallest absolute Gasteiger partial charge is 0.368 e. The second kappa shape index (κ2) is 17.0. The van der Waals surface area contributed by atoms with Crippen LogP contribution < -0.4 is 16.6 Å². The zero-order valence-corrected chi connectivity index (χ0v) is 29.6. The number of aliphatic hydroxyl groups excluding tert-OH is 1. The summed E-state index contributed by atoms with van der Waals surface area (Å²) in [4.78, 5) is 65.5. The number of halogens is 1. The Balaban J connectivity index is 2.17. The van der Waals surface area contributed by atoms with Gasteiger partial charge in [-0.3, -0.25) is 23.4 Å². The molecule has 2 rings (SSSR count). The van der Waals surface area contributed by atoms with Gasteiger partial charge in [-0.25, -0.2) is 22.8 Å². The minimum absolute atomic E-state index is 0.130. The summed E-state index contributed by atoms with van der Waals surface area (Å²) in [6.07, 6.45) is -2.38. The lowest BCUT2D eigenvalue weighted by atomic mass is 10.2. The summed E-state index contributed by atoms with van der Waals surface area (Å²) < 4.78 is 78.8. The van der Waals surface area contributed by atoms with Crippen molar-refractivity contribution in [1.82, 2.24) is 9.55 Å². The van der Waals surface area contributed by atoms with E-state index in [1.165, 1.54) is 32.0 Å². The number of hydrogen-bond acceptors (Lipinski definition) is 13. The maximum Gasteiger partial charge on any atom is 0.490 e. The molecular formula is C21H33IN2O17P4. The van der Waals surface area contributed by atoms with E-state index in [1.807, 2.05) is 11.9 Å². The van der Waals surface area contributed by atoms with Crippen LogP contribution in [-0.4, -0.2) is 59.3 Å². The summed E-state index contributed by atoms with van der Waals surface area (Å²) >= 11 is 1.62. The standard InChI is InChI=1S/C21H33IN2O17P4/c1-4-5-10-20(26)37-14(2)17(38-15(3)24-12-11-19(25)23-21(24)27)13-36-43(30,31)40-45(34,35)41-44(32,33)39-42(28,29)18-9-7-6-8-16(18)22/h6-9,11-12,14-15,17,20,26H,4-5,10,13H2,1-3H3,(H,28,29)(H,30,31)(H,32,33)(H,34,35)(H,23,25,27)/t14-,15-,17-,20?/m1/s1. The van der Waals surface area contributed by atoms with Crippen molar-refractivity contribution in [1.29, 1.82) is 0 Å². The van der Waals surface area contributed by atoms with Crippen molar-refractivity contribution < 1.29 is 69.9 Å². The fourth-order valence-electron chi connectivity index (χ4n) is 3.45. The second-order valence-corrected chi connectivity index (χ2v) is 16.9. The van der Waals surface area contributed by atoms with E-state index in [4.69, 9.17) is 14.0 Å². The molecule has 45 heavy (non-hydrogen) atoms. The van der Waals surface area contributed by atoms with Gasteiger partial charge >= 0.3 is 36.8 Å². The number of phosphoric ester groups is 1. The number of nitrogens with one attached hydrogen (secondary N) is 1. The van der Waals surface area contributed by atoms with Gasteiger partial charge in [0, 0.05) is 15.8 Å². The molecule has 24 heteroatoms. The molecular weight excluding hydrogens is 803 g/mol. The van der Waals surface area contributed by atoms with Gasteiger partial charge in [0.15, 0.2) is 6.29 Å². The molecule has 0 saturated carbocycles. The van der Waals surface area contributed by atoms with Crippen molar-refractivity contribution in [3.05, 3.63) is 60.9 Å². The van der Waals surface area contributed by atoms with Gasteiger partial charge in [-0.1, -0.05) is 25.5 Å². The van der Waals surface area contributed by atoms with Crippen LogP contribution in [0.5, 0.6) is 0 Å². The van der Waals surface area contributed by atoms with Crippen LogP contribution in [0.15, 0.2) is 46.1 Å². The fourth-order valence-corrected chi connectivity index (χ4v) is 10.2. The van der Waals surface area contributed by atoms with Gasteiger partial charge in [0.05, 0.1) is 18.0 Å². The normalized spacial score (nSPS) is 20.1. The largest absolute Gasteiger partial charge is 0.490 e. The number of H-pyrrole nitrogens is 1. The molecule has 0 amide bonds. The maximum atomic E-state index is 12.5. The van der Waals surface area contributed by atoms with Crippen LogP contribution in [0.1, 0.15) is 46.3 Å². The maximum absolute atomic E-state index is 12.5. The summed E-state index contributed by atoms with van der Waals surface area (Å²) in [6.45, 7) is 3.63. The number of aliphatic hydroxyl groups is 1.